The van der Waals surface area contributed by atoms with E-state index in [2.05, 4.69) is 50.1 Å². The number of piperazine rings is 1. The molecule has 4 rings (SSSR count). The minimum absolute atomic E-state index is 0.146. The summed E-state index contributed by atoms with van der Waals surface area (Å²) in [6.45, 7) is 7.65. The predicted molar refractivity (Wildman–Crippen MR) is 98.4 cm³/mol. The van der Waals surface area contributed by atoms with Gasteiger partial charge in [0.15, 0.2) is 0 Å². The lowest BCUT2D eigenvalue weighted by Gasteiger charge is -2.35. The maximum absolute atomic E-state index is 11.5. The summed E-state index contributed by atoms with van der Waals surface area (Å²) in [7, 11) is 0. The van der Waals surface area contributed by atoms with E-state index in [-0.39, 0.29) is 5.91 Å². The van der Waals surface area contributed by atoms with Crippen LogP contribution in [0.4, 0.5) is 17.3 Å². The Balaban J connectivity index is 1.59. The van der Waals surface area contributed by atoms with Crippen LogP contribution in [0.2, 0.25) is 0 Å². The second-order valence-electron chi connectivity index (χ2n) is 6.66. The smallest absolute Gasteiger partial charge is 0.219 e. The quantitative estimate of drug-likeness (QED) is 0.840. The molecule has 1 aromatic heterocycles. The summed E-state index contributed by atoms with van der Waals surface area (Å²) >= 11 is 0. The van der Waals surface area contributed by atoms with Crippen molar-refractivity contribution >= 4 is 23.2 Å². The molecule has 2 aliphatic heterocycles. The normalized spacial score (nSPS) is 17.0. The molecule has 0 radical (unpaired) electrons. The zero-order valence-electron chi connectivity index (χ0n) is 14.8. The monoisotopic (exact) mass is 337 g/mol. The van der Waals surface area contributed by atoms with Crippen LogP contribution in [0.25, 0.3) is 0 Å². The zero-order chi connectivity index (χ0) is 17.4. The second kappa shape index (κ2) is 6.35. The number of amides is 1. The lowest BCUT2D eigenvalue weighted by molar-refractivity contribution is -0.129. The third-order valence-electron chi connectivity index (χ3n) is 5.02. The van der Waals surface area contributed by atoms with Crippen molar-refractivity contribution in [3.63, 3.8) is 0 Å². The molecule has 6 heteroatoms. The number of anilines is 3. The molecule has 0 N–H and O–H groups in total. The molecule has 0 atom stereocenters. The number of hydrogen-bond acceptors (Lipinski definition) is 5. The molecule has 1 amide bonds. The number of carbonyl (C=O) groups excluding carboxylic acids is 1. The number of benzene rings is 1. The van der Waals surface area contributed by atoms with Gasteiger partial charge in [-0.1, -0.05) is 18.2 Å². The van der Waals surface area contributed by atoms with E-state index < -0.39 is 0 Å². The third kappa shape index (κ3) is 3.04. The zero-order valence-corrected chi connectivity index (χ0v) is 14.8. The number of aromatic nitrogens is 2. The highest BCUT2D eigenvalue weighted by Gasteiger charge is 2.24. The van der Waals surface area contributed by atoms with Gasteiger partial charge in [-0.05, 0) is 25.0 Å². The first-order valence-corrected chi connectivity index (χ1v) is 8.83. The van der Waals surface area contributed by atoms with Gasteiger partial charge in [-0.25, -0.2) is 9.97 Å². The van der Waals surface area contributed by atoms with Crippen LogP contribution in [0.3, 0.4) is 0 Å². The van der Waals surface area contributed by atoms with E-state index in [9.17, 15) is 4.79 Å². The lowest BCUT2D eigenvalue weighted by Crippen LogP contribution is -2.48. The lowest BCUT2D eigenvalue weighted by atomic mass is 10.2. The van der Waals surface area contributed by atoms with Gasteiger partial charge in [-0.2, -0.15) is 0 Å². The molecule has 3 heterocycles. The molecule has 25 heavy (non-hydrogen) atoms. The second-order valence-corrected chi connectivity index (χ2v) is 6.66. The molecular weight excluding hydrogens is 314 g/mol. The SMILES string of the molecule is CC(=O)N1CCN(c2cc(N3CCc4ccccc43)nc(C)n2)CC1. The van der Waals surface area contributed by atoms with E-state index in [4.69, 9.17) is 0 Å². The fourth-order valence-electron chi connectivity index (χ4n) is 3.66. The van der Waals surface area contributed by atoms with Gasteiger partial charge in [0, 0.05) is 51.4 Å². The Kier molecular flexibility index (Phi) is 4.03. The molecule has 0 saturated carbocycles. The van der Waals surface area contributed by atoms with Crippen LogP contribution < -0.4 is 9.80 Å². The van der Waals surface area contributed by atoms with Gasteiger partial charge in [0.25, 0.3) is 0 Å². The van der Waals surface area contributed by atoms with Crippen LogP contribution in [0.1, 0.15) is 18.3 Å². The van der Waals surface area contributed by atoms with Crippen molar-refractivity contribution in [2.24, 2.45) is 0 Å². The number of rotatable bonds is 2. The van der Waals surface area contributed by atoms with Gasteiger partial charge in [-0.15, -0.1) is 0 Å². The standard InChI is InChI=1S/C19H23N5O/c1-14-20-18(23-11-9-22(10-12-23)15(2)25)13-19(21-14)24-8-7-16-5-3-4-6-17(16)24/h3-6,13H,7-12H2,1-2H3. The minimum Gasteiger partial charge on any atom is -0.353 e. The van der Waals surface area contributed by atoms with Crippen molar-refractivity contribution in [2.45, 2.75) is 20.3 Å². The number of fused-ring (bicyclic) bond motifs is 1. The maximum Gasteiger partial charge on any atom is 0.219 e. The Morgan fingerprint density at radius 1 is 1.00 bits per heavy atom. The first kappa shape index (κ1) is 15.9. The molecule has 1 aromatic carbocycles. The van der Waals surface area contributed by atoms with Crippen molar-refractivity contribution in [1.29, 1.82) is 0 Å². The van der Waals surface area contributed by atoms with Gasteiger partial charge >= 0.3 is 0 Å². The Morgan fingerprint density at radius 3 is 2.48 bits per heavy atom. The number of nitrogens with zero attached hydrogens (tertiary/aromatic N) is 5. The number of para-hydroxylation sites is 1. The molecule has 2 aromatic rings. The van der Waals surface area contributed by atoms with Crippen LogP contribution in [0.5, 0.6) is 0 Å². The highest BCUT2D eigenvalue weighted by atomic mass is 16.2. The van der Waals surface area contributed by atoms with E-state index >= 15 is 0 Å². The highest BCUT2D eigenvalue weighted by molar-refractivity contribution is 5.73. The van der Waals surface area contributed by atoms with Crippen molar-refractivity contribution in [3.8, 4) is 0 Å². The van der Waals surface area contributed by atoms with Gasteiger partial charge in [0.1, 0.15) is 17.5 Å². The molecule has 1 saturated heterocycles. The Bertz CT molecular complexity index is 798. The molecule has 0 bridgehead atoms. The fourth-order valence-corrected chi connectivity index (χ4v) is 3.66. The first-order valence-electron chi connectivity index (χ1n) is 8.83. The molecule has 0 unspecified atom stereocenters. The van der Waals surface area contributed by atoms with Crippen LogP contribution in [0.15, 0.2) is 30.3 Å². The molecule has 2 aliphatic rings. The van der Waals surface area contributed by atoms with E-state index in [0.29, 0.717) is 0 Å². The van der Waals surface area contributed by atoms with Crippen molar-refractivity contribution < 1.29 is 4.79 Å². The molecule has 1 fully saturated rings. The average molecular weight is 337 g/mol. The fraction of sp³-hybridized carbons (Fsp3) is 0.421. The number of aryl methyl sites for hydroxylation is 1. The maximum atomic E-state index is 11.5. The summed E-state index contributed by atoms with van der Waals surface area (Å²) in [4.78, 5) is 27.2. The van der Waals surface area contributed by atoms with E-state index in [1.54, 1.807) is 6.92 Å². The van der Waals surface area contributed by atoms with Gasteiger partial charge in [0.05, 0.1) is 0 Å². The summed E-state index contributed by atoms with van der Waals surface area (Å²) in [6.07, 6.45) is 1.05. The summed E-state index contributed by atoms with van der Waals surface area (Å²) in [6, 6.07) is 10.6. The first-order chi connectivity index (χ1) is 12.1. The molecular formula is C19H23N5O. The van der Waals surface area contributed by atoms with E-state index in [1.807, 2.05) is 11.8 Å². The Labute approximate surface area is 148 Å². The predicted octanol–water partition coefficient (Wildman–Crippen LogP) is 2.15. The van der Waals surface area contributed by atoms with Crippen LogP contribution >= 0.6 is 0 Å². The minimum atomic E-state index is 0.146. The van der Waals surface area contributed by atoms with E-state index in [1.165, 1.54) is 11.3 Å². The molecule has 0 spiro atoms. The van der Waals surface area contributed by atoms with Crippen LogP contribution in [-0.4, -0.2) is 53.5 Å². The van der Waals surface area contributed by atoms with Crippen molar-refractivity contribution in [3.05, 3.63) is 41.7 Å². The molecule has 130 valence electrons. The van der Waals surface area contributed by atoms with Gasteiger partial charge in [-0.3, -0.25) is 4.79 Å². The van der Waals surface area contributed by atoms with Gasteiger partial charge < -0.3 is 14.7 Å². The summed E-state index contributed by atoms with van der Waals surface area (Å²) < 4.78 is 0. The molecule has 0 aliphatic carbocycles. The Morgan fingerprint density at radius 2 is 1.72 bits per heavy atom. The topological polar surface area (TPSA) is 52.6 Å². The number of carbonyl (C=O) groups is 1. The highest BCUT2D eigenvalue weighted by Crippen LogP contribution is 2.34. The summed E-state index contributed by atoms with van der Waals surface area (Å²) in [5.41, 5.74) is 2.61. The van der Waals surface area contributed by atoms with Crippen molar-refractivity contribution in [2.75, 3.05) is 42.5 Å². The van der Waals surface area contributed by atoms with Crippen molar-refractivity contribution in [1.82, 2.24) is 14.9 Å². The Hall–Kier alpha value is -2.63. The largest absolute Gasteiger partial charge is 0.353 e. The van der Waals surface area contributed by atoms with E-state index in [0.717, 1.165) is 56.6 Å². The average Bonchev–Trinajstić information content (AvgIpc) is 3.05. The van der Waals surface area contributed by atoms with Crippen LogP contribution in [-0.2, 0) is 11.2 Å². The van der Waals surface area contributed by atoms with Crippen LogP contribution in [0, 0.1) is 6.92 Å². The molecule has 6 nitrogen and oxygen atoms in total. The summed E-state index contributed by atoms with van der Waals surface area (Å²) in [5.74, 6) is 2.84. The third-order valence-corrected chi connectivity index (χ3v) is 5.02. The number of hydrogen-bond donors (Lipinski definition) is 0. The summed E-state index contributed by atoms with van der Waals surface area (Å²) in [5, 5.41) is 0. The van der Waals surface area contributed by atoms with Gasteiger partial charge in [0.2, 0.25) is 5.91 Å².